The average molecular weight is 243 g/mol. The van der Waals surface area contributed by atoms with Gasteiger partial charge in [-0.15, -0.1) is 0 Å². The fraction of sp³-hybridized carbons (Fsp3) is 0.545. The zero-order chi connectivity index (χ0) is 12.7. The monoisotopic (exact) mass is 243 g/mol. The van der Waals surface area contributed by atoms with Crippen LogP contribution >= 0.6 is 0 Å². The van der Waals surface area contributed by atoms with Gasteiger partial charge in [-0.2, -0.15) is 0 Å². The van der Waals surface area contributed by atoms with Crippen LogP contribution in [0.5, 0.6) is 0 Å². The predicted molar refractivity (Wildman–Crippen MR) is 61.6 cm³/mol. The molecule has 0 bridgehead atoms. The van der Waals surface area contributed by atoms with Gasteiger partial charge in [-0.1, -0.05) is 0 Å². The Balaban J connectivity index is 2.68. The quantitative estimate of drug-likeness (QED) is 0.736. The second-order valence-electron chi connectivity index (χ2n) is 3.42. The van der Waals surface area contributed by atoms with Crippen LogP contribution in [0.4, 0.5) is 5.88 Å². The van der Waals surface area contributed by atoms with Gasteiger partial charge in [-0.3, -0.25) is 0 Å². The van der Waals surface area contributed by atoms with E-state index in [1.807, 2.05) is 4.90 Å². The molecule has 0 spiro atoms. The number of methoxy groups -OCH3 is 2. The Morgan fingerprint density at radius 3 is 2.29 bits per heavy atom. The third-order valence-electron chi connectivity index (χ3n) is 2.24. The molecule has 0 aliphatic rings. The number of rotatable bonds is 8. The molecule has 0 saturated carbocycles. The molecular formula is C11H17NO5. The summed E-state index contributed by atoms with van der Waals surface area (Å²) in [4.78, 5) is 12.6. The molecule has 0 fully saturated rings. The van der Waals surface area contributed by atoms with Crippen molar-refractivity contribution in [2.24, 2.45) is 0 Å². The van der Waals surface area contributed by atoms with Crippen molar-refractivity contribution in [1.82, 2.24) is 0 Å². The molecule has 0 aromatic carbocycles. The highest BCUT2D eigenvalue weighted by Gasteiger charge is 2.14. The summed E-state index contributed by atoms with van der Waals surface area (Å²) < 4.78 is 15.2. The lowest BCUT2D eigenvalue weighted by Crippen LogP contribution is -2.30. The Bertz CT molecular complexity index is 341. The van der Waals surface area contributed by atoms with Gasteiger partial charge in [0.25, 0.3) is 0 Å². The standard InChI is InChI=1S/C11H17NO5/c1-15-7-5-12(6-8-16-2)10-4-3-9(17-10)11(13)14/h3-4H,5-8H2,1-2H3,(H,13,14). The highest BCUT2D eigenvalue weighted by atomic mass is 16.5. The van der Waals surface area contributed by atoms with Crippen molar-refractivity contribution in [3.05, 3.63) is 17.9 Å². The molecule has 1 aromatic heterocycles. The molecule has 1 rings (SSSR count). The van der Waals surface area contributed by atoms with Gasteiger partial charge in [0.2, 0.25) is 5.76 Å². The lowest BCUT2D eigenvalue weighted by atomic mass is 10.4. The zero-order valence-electron chi connectivity index (χ0n) is 10.0. The van der Waals surface area contributed by atoms with E-state index in [0.717, 1.165) is 0 Å². The van der Waals surface area contributed by atoms with Gasteiger partial charge in [0.05, 0.1) is 13.2 Å². The SMILES string of the molecule is COCCN(CCOC)c1ccc(C(=O)O)o1. The maximum absolute atomic E-state index is 10.7. The van der Waals surface area contributed by atoms with Crippen molar-refractivity contribution in [2.75, 3.05) is 45.4 Å². The molecule has 0 radical (unpaired) electrons. The molecule has 0 aliphatic heterocycles. The minimum absolute atomic E-state index is 0.0696. The van der Waals surface area contributed by atoms with Crippen molar-refractivity contribution >= 4 is 11.9 Å². The van der Waals surface area contributed by atoms with Gasteiger partial charge in [0.1, 0.15) is 0 Å². The maximum atomic E-state index is 10.7. The first-order chi connectivity index (χ1) is 8.19. The minimum Gasteiger partial charge on any atom is -0.475 e. The van der Waals surface area contributed by atoms with Crippen LogP contribution in [0, 0.1) is 0 Å². The van der Waals surface area contributed by atoms with Crippen molar-refractivity contribution in [3.8, 4) is 0 Å². The summed E-state index contributed by atoms with van der Waals surface area (Å²) >= 11 is 0. The van der Waals surface area contributed by atoms with Gasteiger partial charge in [0, 0.05) is 33.4 Å². The summed E-state index contributed by atoms with van der Waals surface area (Å²) in [5.41, 5.74) is 0. The molecule has 0 atom stereocenters. The molecule has 1 N–H and O–H groups in total. The van der Waals surface area contributed by atoms with Gasteiger partial charge in [0.15, 0.2) is 5.88 Å². The Labute approximate surface area is 99.7 Å². The number of anilines is 1. The van der Waals surface area contributed by atoms with Crippen LogP contribution in [0.15, 0.2) is 16.5 Å². The molecule has 1 heterocycles. The van der Waals surface area contributed by atoms with E-state index in [0.29, 0.717) is 32.2 Å². The molecule has 0 saturated heterocycles. The number of carbonyl (C=O) groups is 1. The van der Waals surface area contributed by atoms with Crippen molar-refractivity contribution in [2.45, 2.75) is 0 Å². The van der Waals surface area contributed by atoms with E-state index >= 15 is 0 Å². The van der Waals surface area contributed by atoms with Crippen LogP contribution in [0.25, 0.3) is 0 Å². The first-order valence-corrected chi connectivity index (χ1v) is 5.25. The lowest BCUT2D eigenvalue weighted by molar-refractivity contribution is 0.0663. The Morgan fingerprint density at radius 1 is 1.29 bits per heavy atom. The van der Waals surface area contributed by atoms with Crippen LogP contribution in [-0.2, 0) is 9.47 Å². The van der Waals surface area contributed by atoms with Crippen molar-refractivity contribution in [1.29, 1.82) is 0 Å². The topological polar surface area (TPSA) is 72.1 Å². The molecule has 6 heteroatoms. The average Bonchev–Trinajstić information content (AvgIpc) is 2.79. The van der Waals surface area contributed by atoms with E-state index < -0.39 is 5.97 Å². The number of furan rings is 1. The summed E-state index contributed by atoms with van der Waals surface area (Å²) in [5, 5.41) is 8.77. The number of carboxylic acid groups (broad SMARTS) is 1. The van der Waals surface area contributed by atoms with E-state index in [9.17, 15) is 4.79 Å². The molecule has 0 aliphatic carbocycles. The zero-order valence-corrected chi connectivity index (χ0v) is 10.0. The molecule has 17 heavy (non-hydrogen) atoms. The summed E-state index contributed by atoms with van der Waals surface area (Å²) in [6, 6.07) is 3.07. The van der Waals surface area contributed by atoms with Crippen molar-refractivity contribution < 1.29 is 23.8 Å². The number of aromatic carboxylic acids is 1. The molecular weight excluding hydrogens is 226 g/mol. The van der Waals surface area contributed by atoms with E-state index in [2.05, 4.69) is 0 Å². The first-order valence-electron chi connectivity index (χ1n) is 5.25. The minimum atomic E-state index is -1.07. The van der Waals surface area contributed by atoms with Crippen LogP contribution < -0.4 is 4.90 Å². The molecule has 6 nitrogen and oxygen atoms in total. The van der Waals surface area contributed by atoms with E-state index in [-0.39, 0.29) is 5.76 Å². The maximum Gasteiger partial charge on any atom is 0.371 e. The van der Waals surface area contributed by atoms with Crippen LogP contribution in [0.1, 0.15) is 10.6 Å². The van der Waals surface area contributed by atoms with Gasteiger partial charge in [-0.05, 0) is 6.07 Å². The van der Waals surface area contributed by atoms with E-state index in [4.69, 9.17) is 19.0 Å². The first kappa shape index (κ1) is 13.5. The largest absolute Gasteiger partial charge is 0.475 e. The summed E-state index contributed by atoms with van der Waals surface area (Å²) in [7, 11) is 3.22. The van der Waals surface area contributed by atoms with Gasteiger partial charge in [-0.25, -0.2) is 4.79 Å². The highest BCUT2D eigenvalue weighted by molar-refractivity contribution is 5.84. The predicted octanol–water partition coefficient (Wildman–Crippen LogP) is 1.08. The summed E-state index contributed by atoms with van der Waals surface area (Å²) in [6.45, 7) is 2.30. The fourth-order valence-electron chi connectivity index (χ4n) is 1.35. The second kappa shape index (κ2) is 6.93. The Hall–Kier alpha value is -1.53. The van der Waals surface area contributed by atoms with Gasteiger partial charge < -0.3 is 23.9 Å². The van der Waals surface area contributed by atoms with Crippen LogP contribution in [0.2, 0.25) is 0 Å². The summed E-state index contributed by atoms with van der Waals surface area (Å²) in [6.07, 6.45) is 0. The van der Waals surface area contributed by atoms with Crippen molar-refractivity contribution in [3.63, 3.8) is 0 Å². The molecule has 0 amide bonds. The highest BCUT2D eigenvalue weighted by Crippen LogP contribution is 2.18. The summed E-state index contributed by atoms with van der Waals surface area (Å²) in [5.74, 6) is -0.633. The third-order valence-corrected chi connectivity index (χ3v) is 2.24. The normalized spacial score (nSPS) is 10.5. The van der Waals surface area contributed by atoms with Crippen LogP contribution in [0.3, 0.4) is 0 Å². The number of nitrogens with zero attached hydrogens (tertiary/aromatic N) is 1. The third kappa shape index (κ3) is 4.08. The van der Waals surface area contributed by atoms with E-state index in [1.165, 1.54) is 6.07 Å². The molecule has 1 aromatic rings. The number of ether oxygens (including phenoxy) is 2. The van der Waals surface area contributed by atoms with Crippen LogP contribution in [-0.4, -0.2) is 51.6 Å². The fourth-order valence-corrected chi connectivity index (χ4v) is 1.35. The molecule has 96 valence electrons. The smallest absolute Gasteiger partial charge is 0.371 e. The van der Waals surface area contributed by atoms with E-state index in [1.54, 1.807) is 20.3 Å². The lowest BCUT2D eigenvalue weighted by Gasteiger charge is -2.20. The van der Waals surface area contributed by atoms with Gasteiger partial charge >= 0.3 is 5.97 Å². The second-order valence-corrected chi connectivity index (χ2v) is 3.42. The number of hydrogen-bond donors (Lipinski definition) is 1. The molecule has 0 unspecified atom stereocenters. The Morgan fingerprint density at radius 2 is 1.88 bits per heavy atom. The number of hydrogen-bond acceptors (Lipinski definition) is 5. The Kier molecular flexibility index (Phi) is 5.51. The number of carboxylic acids is 1.